The van der Waals surface area contributed by atoms with Crippen LogP contribution in [0.15, 0.2) is 0 Å². The minimum absolute atomic E-state index is 0. The second-order valence-corrected chi connectivity index (χ2v) is 0.577. The summed E-state index contributed by atoms with van der Waals surface area (Å²) in [6.45, 7) is 7.06. The molecule has 7 heavy (non-hydrogen) atoms. The molecule has 0 heterocycles. The minimum Gasteiger partial charge on any atom is -0.484 e. The molecule has 0 aromatic heterocycles. The van der Waals surface area contributed by atoms with Crippen LogP contribution in [0, 0.1) is 53.9 Å². The van der Waals surface area contributed by atoms with Gasteiger partial charge in [0.2, 0.25) is 0 Å². The summed E-state index contributed by atoms with van der Waals surface area (Å²) in [5.41, 5.74) is 6.79. The second kappa shape index (κ2) is 26.8. The number of hydrogen-bond donors (Lipinski definition) is 2. The molecule has 0 bridgehead atoms. The average Bonchev–Trinajstić information content (AvgIpc) is 1.69. The van der Waals surface area contributed by atoms with Gasteiger partial charge in [-0.05, 0) is 0 Å². The van der Waals surface area contributed by atoms with E-state index in [0.29, 0.717) is 6.54 Å². The second-order valence-electron chi connectivity index (χ2n) is 0.577. The van der Waals surface area contributed by atoms with E-state index < -0.39 is 0 Å². The summed E-state index contributed by atoms with van der Waals surface area (Å²) in [5, 5.41) is 0. The molecule has 0 amide bonds. The topological polar surface area (TPSA) is 52.0 Å². The summed E-state index contributed by atoms with van der Waals surface area (Å²) in [6, 6.07) is 0. The first-order valence-electron chi connectivity index (χ1n) is 2.27. The van der Waals surface area contributed by atoms with Crippen LogP contribution in [0.3, 0.4) is 0 Å². The van der Waals surface area contributed by atoms with Gasteiger partial charge in [-0.25, -0.2) is 0 Å². The standard InChI is InChI=1S/2C2H6N.Pm/c2*1-2-3;/h2H,3H2,1H3;1-3H2;/q2*-1;/i/hT. The Kier molecular flexibility index (Phi) is 42.5. The molecule has 2 nitrogen and oxygen atoms in total. The third kappa shape index (κ3) is 127. The Hall–Kier alpha value is 1.26. The number of rotatable bonds is 1. The molecule has 0 fully saturated rings. The van der Waals surface area contributed by atoms with Crippen LogP contribution in [0.5, 0.6) is 0 Å². The van der Waals surface area contributed by atoms with Crippen molar-refractivity contribution in [3.63, 3.8) is 0 Å². The molecule has 0 spiro atoms. The van der Waals surface area contributed by atoms with Crippen LogP contribution in [-0.4, -0.2) is 6.54 Å². The van der Waals surface area contributed by atoms with Gasteiger partial charge >= 0.3 is 0 Å². The van der Waals surface area contributed by atoms with E-state index in [1.165, 1.54) is 0 Å². The predicted molar refractivity (Wildman–Crippen MR) is 28.6 cm³/mol. The molecule has 0 saturated heterocycles. The van der Waals surface area contributed by atoms with Crippen LogP contribution in [0.1, 0.15) is 6.92 Å². The summed E-state index contributed by atoms with van der Waals surface area (Å²) in [5.74, 6) is 0. The maximum Gasteiger partial charge on any atom is 0.0821 e. The van der Waals surface area contributed by atoms with Gasteiger partial charge in [0, 0.05) is 40.4 Å². The van der Waals surface area contributed by atoms with Crippen LogP contribution in [0.4, 0.5) is 0 Å². The molecule has 0 saturated carbocycles. The molecule has 0 aromatic rings. The van der Waals surface area contributed by atoms with E-state index in [2.05, 4.69) is 12.7 Å². The third-order valence-electron chi connectivity index (χ3n) is 0. The molecule has 1 radical (unpaired) electrons. The monoisotopic (exact) mass is 235 g/mol. The summed E-state index contributed by atoms with van der Waals surface area (Å²) < 4.78 is 6.15. The molecular formula is C4H12N2Pm-2. The molecule has 45 valence electrons. The summed E-state index contributed by atoms with van der Waals surface area (Å²) in [7, 11) is 0. The number of hydrogen-bond acceptors (Lipinski definition) is 2. The van der Waals surface area contributed by atoms with Gasteiger partial charge in [0.05, 0.1) is 1.41 Å². The van der Waals surface area contributed by atoms with Crippen molar-refractivity contribution in [3.8, 4) is 0 Å². The number of nitrogens with two attached hydrogens (primary N) is 2. The third-order valence-corrected chi connectivity index (χ3v) is 0. The van der Waals surface area contributed by atoms with Crippen molar-refractivity contribution in [1.29, 1.82) is 0 Å². The first-order valence-corrected chi connectivity index (χ1v) is 1.77. The molecule has 0 aliphatic rings. The van der Waals surface area contributed by atoms with Gasteiger partial charge in [-0.2, -0.15) is 6.92 Å². The Morgan fingerprint density at radius 2 is 2.14 bits per heavy atom. The molecule has 0 unspecified atom stereocenters. The van der Waals surface area contributed by atoms with Gasteiger partial charge in [0.1, 0.15) is 0 Å². The SMILES string of the molecule is [3H]N[CH-]C.[CH2-]CN.[Pm]. The van der Waals surface area contributed by atoms with Crippen molar-refractivity contribution in [2.24, 2.45) is 11.5 Å². The van der Waals surface area contributed by atoms with E-state index in [4.69, 9.17) is 7.15 Å². The van der Waals surface area contributed by atoms with Gasteiger partial charge in [-0.15, -0.1) is 6.54 Å². The predicted octanol–water partition coefficient (Wildman–Crippen LogP) is -0.0940. The smallest absolute Gasteiger partial charge is 0.0821 e. The first-order chi connectivity index (χ1) is 3.33. The van der Waals surface area contributed by atoms with Crippen molar-refractivity contribution < 1.29 is 41.8 Å². The van der Waals surface area contributed by atoms with Gasteiger partial charge in [0.25, 0.3) is 0 Å². The first kappa shape index (κ1) is 11.1. The molecule has 0 rings (SSSR count). The molecule has 0 aliphatic heterocycles. The van der Waals surface area contributed by atoms with Crippen LogP contribution >= 0.6 is 0 Å². The van der Waals surface area contributed by atoms with Gasteiger partial charge in [-0.3, -0.25) is 6.54 Å². The van der Waals surface area contributed by atoms with Crippen molar-refractivity contribution in [3.05, 3.63) is 13.5 Å². The molecular weight excluding hydrogens is 221 g/mol. The Labute approximate surface area is 79.6 Å². The van der Waals surface area contributed by atoms with E-state index in [0.717, 1.165) is 0 Å². The zero-order valence-electron chi connectivity index (χ0n) is 5.52. The maximum atomic E-state index is 6.15. The maximum absolute atomic E-state index is 6.15. The van der Waals surface area contributed by atoms with Gasteiger partial charge in [0.15, 0.2) is 0 Å². The van der Waals surface area contributed by atoms with E-state index in [1.807, 2.05) is 0 Å². The fourth-order valence-electron chi connectivity index (χ4n) is 0. The largest absolute Gasteiger partial charge is 0.484 e. The van der Waals surface area contributed by atoms with E-state index in [9.17, 15) is 0 Å². The summed E-state index contributed by atoms with van der Waals surface area (Å²) in [6.07, 6.45) is 0. The van der Waals surface area contributed by atoms with Crippen molar-refractivity contribution in [1.82, 2.24) is 0 Å². The average molecular weight is 235 g/mol. The fourth-order valence-corrected chi connectivity index (χ4v) is 0. The molecule has 3 heteroatoms. The Balaban J connectivity index is -0.0000000575. The van der Waals surface area contributed by atoms with E-state index in [-0.39, 0.29) is 40.4 Å². The van der Waals surface area contributed by atoms with Crippen molar-refractivity contribution in [2.75, 3.05) is 6.54 Å². The molecule has 0 atom stereocenters. The minimum atomic E-state index is 0. The van der Waals surface area contributed by atoms with Crippen molar-refractivity contribution in [2.45, 2.75) is 6.92 Å². The molecule has 0 aliphatic carbocycles. The Morgan fingerprint density at radius 1 is 2.00 bits per heavy atom. The van der Waals surface area contributed by atoms with Crippen molar-refractivity contribution >= 4 is 0 Å². The van der Waals surface area contributed by atoms with Crippen LogP contribution < -0.4 is 11.5 Å². The summed E-state index contributed by atoms with van der Waals surface area (Å²) >= 11 is 0. The molecule has 4 N–H and O–H groups in total. The van der Waals surface area contributed by atoms with Gasteiger partial charge in [-0.1, -0.05) is 0 Å². The van der Waals surface area contributed by atoms with Gasteiger partial charge < -0.3 is 18.4 Å². The summed E-state index contributed by atoms with van der Waals surface area (Å²) in [4.78, 5) is 0. The van der Waals surface area contributed by atoms with Crippen LogP contribution in [0.2, 0.25) is 1.41 Å². The zero-order chi connectivity index (χ0) is 6.12. The normalized spacial score (nSPS) is 7.00. The quantitative estimate of drug-likeness (QED) is 0.624. The Morgan fingerprint density at radius 3 is 2.14 bits per heavy atom. The Bertz CT molecular complexity index is 21.5. The van der Waals surface area contributed by atoms with E-state index in [1.54, 1.807) is 13.5 Å². The zero-order valence-corrected chi connectivity index (χ0v) is 7.39. The molecule has 0 aromatic carbocycles. The van der Waals surface area contributed by atoms with Crippen LogP contribution in [0.25, 0.3) is 0 Å². The fraction of sp³-hybridized carbons (Fsp3) is 0.500. The van der Waals surface area contributed by atoms with Crippen LogP contribution in [-0.2, 0) is 0 Å². The van der Waals surface area contributed by atoms with E-state index >= 15 is 0 Å².